The summed E-state index contributed by atoms with van der Waals surface area (Å²) >= 11 is 0. The molecule has 124 valence electrons. The molecule has 1 saturated heterocycles. The van der Waals surface area contributed by atoms with E-state index >= 15 is 0 Å². The second-order valence-electron chi connectivity index (χ2n) is 6.84. The van der Waals surface area contributed by atoms with Crippen molar-refractivity contribution in [2.75, 3.05) is 26.7 Å². The van der Waals surface area contributed by atoms with Crippen LogP contribution in [-0.2, 0) is 10.3 Å². The predicted molar refractivity (Wildman–Crippen MR) is 90.4 cm³/mol. The molecular formula is C17H25N5O. The topological polar surface area (TPSA) is 61.7 Å². The molecule has 0 spiro atoms. The number of fused-ring (bicyclic) bond motifs is 1. The van der Waals surface area contributed by atoms with Crippen LogP contribution in [0.1, 0.15) is 25.2 Å². The molecule has 0 radical (unpaired) electrons. The standard InChI is InChI=1S/C17H25N5O/c1-12-6-5-8-22-13(12)11-19-16(22)17(2,3)20-15(23)14-10-18-7-9-21(14)4/h5-6,8,11,14,18H,7,9-10H2,1-4H3,(H,20,23)/t14-/m0/s1. The maximum Gasteiger partial charge on any atom is 0.239 e. The van der Waals surface area contributed by atoms with Gasteiger partial charge in [0.15, 0.2) is 0 Å². The fourth-order valence-corrected chi connectivity index (χ4v) is 3.17. The summed E-state index contributed by atoms with van der Waals surface area (Å²) in [6.45, 7) is 8.54. The van der Waals surface area contributed by atoms with Crippen molar-refractivity contribution in [1.82, 2.24) is 24.9 Å². The predicted octanol–water partition coefficient (Wildman–Crippen LogP) is 0.898. The Balaban J connectivity index is 1.85. The van der Waals surface area contributed by atoms with Gasteiger partial charge in [-0.3, -0.25) is 9.69 Å². The van der Waals surface area contributed by atoms with Crippen LogP contribution in [0.2, 0.25) is 0 Å². The minimum atomic E-state index is -0.546. The Kier molecular flexibility index (Phi) is 4.12. The number of amides is 1. The number of pyridine rings is 1. The Labute approximate surface area is 136 Å². The van der Waals surface area contributed by atoms with Crippen molar-refractivity contribution in [3.8, 4) is 0 Å². The van der Waals surface area contributed by atoms with Gasteiger partial charge in [-0.1, -0.05) is 6.07 Å². The first kappa shape index (κ1) is 16.0. The highest BCUT2D eigenvalue weighted by atomic mass is 16.2. The maximum atomic E-state index is 12.7. The third kappa shape index (κ3) is 2.96. The SMILES string of the molecule is Cc1cccn2c(C(C)(C)NC(=O)[C@@H]3CNCCN3C)ncc12. The zero-order chi connectivity index (χ0) is 16.6. The molecule has 2 aromatic rings. The van der Waals surface area contributed by atoms with E-state index in [4.69, 9.17) is 0 Å². The fraction of sp³-hybridized carbons (Fsp3) is 0.529. The van der Waals surface area contributed by atoms with E-state index in [0.717, 1.165) is 24.4 Å². The molecule has 0 aromatic carbocycles. The first-order valence-electron chi connectivity index (χ1n) is 8.06. The number of nitrogens with one attached hydrogen (secondary N) is 2. The van der Waals surface area contributed by atoms with Crippen LogP contribution in [0.5, 0.6) is 0 Å². The van der Waals surface area contributed by atoms with Crippen LogP contribution < -0.4 is 10.6 Å². The minimum absolute atomic E-state index is 0.0362. The van der Waals surface area contributed by atoms with Crippen LogP contribution in [0.4, 0.5) is 0 Å². The summed E-state index contributed by atoms with van der Waals surface area (Å²) in [5.41, 5.74) is 1.70. The molecule has 3 heterocycles. The molecule has 2 N–H and O–H groups in total. The lowest BCUT2D eigenvalue weighted by Crippen LogP contribution is -2.58. The monoisotopic (exact) mass is 315 g/mol. The van der Waals surface area contributed by atoms with Crippen molar-refractivity contribution < 1.29 is 4.79 Å². The van der Waals surface area contributed by atoms with E-state index in [9.17, 15) is 4.79 Å². The Hall–Kier alpha value is -1.92. The van der Waals surface area contributed by atoms with Crippen LogP contribution in [-0.4, -0.2) is 52.9 Å². The van der Waals surface area contributed by atoms with E-state index in [1.807, 2.05) is 39.4 Å². The van der Waals surface area contributed by atoms with E-state index < -0.39 is 5.54 Å². The molecule has 0 aliphatic carbocycles. The van der Waals surface area contributed by atoms with Gasteiger partial charge in [-0.05, 0) is 39.4 Å². The Bertz CT molecular complexity index is 721. The largest absolute Gasteiger partial charge is 0.343 e. The number of rotatable bonds is 3. The van der Waals surface area contributed by atoms with Crippen LogP contribution in [0.25, 0.3) is 5.52 Å². The molecule has 2 aromatic heterocycles. The summed E-state index contributed by atoms with van der Waals surface area (Å²) in [4.78, 5) is 19.3. The lowest BCUT2D eigenvalue weighted by atomic mass is 10.0. The lowest BCUT2D eigenvalue weighted by Gasteiger charge is -2.35. The Morgan fingerprint density at radius 1 is 1.48 bits per heavy atom. The molecule has 1 fully saturated rings. The summed E-state index contributed by atoms with van der Waals surface area (Å²) in [6.07, 6.45) is 3.86. The molecule has 0 unspecified atom stereocenters. The summed E-state index contributed by atoms with van der Waals surface area (Å²) in [5, 5.41) is 6.45. The highest BCUT2D eigenvalue weighted by Crippen LogP contribution is 2.22. The Morgan fingerprint density at radius 3 is 3.00 bits per heavy atom. The zero-order valence-corrected chi connectivity index (χ0v) is 14.3. The summed E-state index contributed by atoms with van der Waals surface area (Å²) in [5.74, 6) is 0.880. The van der Waals surface area contributed by atoms with Crippen molar-refractivity contribution >= 4 is 11.4 Å². The fourth-order valence-electron chi connectivity index (χ4n) is 3.17. The average Bonchev–Trinajstić information content (AvgIpc) is 2.93. The first-order chi connectivity index (χ1) is 10.9. The van der Waals surface area contributed by atoms with E-state index in [2.05, 4.69) is 37.9 Å². The number of hydrogen-bond donors (Lipinski definition) is 2. The molecule has 1 aliphatic heterocycles. The highest BCUT2D eigenvalue weighted by molar-refractivity contribution is 5.83. The van der Waals surface area contributed by atoms with Gasteiger partial charge in [0.25, 0.3) is 0 Å². The molecule has 1 aliphatic rings. The second kappa shape index (κ2) is 5.94. The normalized spacial score (nSPS) is 19.9. The third-order valence-corrected chi connectivity index (χ3v) is 4.59. The molecular weight excluding hydrogens is 290 g/mol. The number of hydrogen-bond acceptors (Lipinski definition) is 4. The maximum absolute atomic E-state index is 12.7. The lowest BCUT2D eigenvalue weighted by molar-refractivity contribution is -0.128. The second-order valence-corrected chi connectivity index (χ2v) is 6.84. The average molecular weight is 315 g/mol. The molecule has 23 heavy (non-hydrogen) atoms. The van der Waals surface area contributed by atoms with E-state index in [1.54, 1.807) is 0 Å². The van der Waals surface area contributed by atoms with E-state index in [0.29, 0.717) is 6.54 Å². The van der Waals surface area contributed by atoms with Crippen molar-refractivity contribution in [3.05, 3.63) is 35.9 Å². The van der Waals surface area contributed by atoms with Gasteiger partial charge in [-0.2, -0.15) is 0 Å². The van der Waals surface area contributed by atoms with Gasteiger partial charge in [0.05, 0.1) is 17.3 Å². The van der Waals surface area contributed by atoms with Gasteiger partial charge in [0.1, 0.15) is 11.9 Å². The van der Waals surface area contributed by atoms with Crippen LogP contribution >= 0.6 is 0 Å². The van der Waals surface area contributed by atoms with Crippen LogP contribution in [0.15, 0.2) is 24.5 Å². The first-order valence-corrected chi connectivity index (χ1v) is 8.06. The van der Waals surface area contributed by atoms with Crippen molar-refractivity contribution in [3.63, 3.8) is 0 Å². The van der Waals surface area contributed by atoms with Crippen molar-refractivity contribution in [2.45, 2.75) is 32.4 Å². The number of imidazole rings is 1. The summed E-state index contributed by atoms with van der Waals surface area (Å²) in [6, 6.07) is 3.93. The molecule has 1 atom stereocenters. The third-order valence-electron chi connectivity index (χ3n) is 4.59. The molecule has 6 heteroatoms. The van der Waals surface area contributed by atoms with Gasteiger partial charge in [-0.25, -0.2) is 4.98 Å². The van der Waals surface area contributed by atoms with E-state index in [-0.39, 0.29) is 11.9 Å². The van der Waals surface area contributed by atoms with Crippen LogP contribution in [0, 0.1) is 6.92 Å². The molecule has 3 rings (SSSR count). The van der Waals surface area contributed by atoms with E-state index in [1.165, 1.54) is 5.56 Å². The number of nitrogens with zero attached hydrogens (tertiary/aromatic N) is 3. The number of piperazine rings is 1. The molecule has 1 amide bonds. The van der Waals surface area contributed by atoms with Crippen molar-refractivity contribution in [1.29, 1.82) is 0 Å². The quantitative estimate of drug-likeness (QED) is 0.883. The summed E-state index contributed by atoms with van der Waals surface area (Å²) < 4.78 is 2.05. The van der Waals surface area contributed by atoms with Gasteiger partial charge in [-0.15, -0.1) is 0 Å². The smallest absolute Gasteiger partial charge is 0.239 e. The highest BCUT2D eigenvalue weighted by Gasteiger charge is 2.33. The van der Waals surface area contributed by atoms with Crippen LogP contribution in [0.3, 0.4) is 0 Å². The molecule has 0 saturated carbocycles. The van der Waals surface area contributed by atoms with Gasteiger partial charge in [0.2, 0.25) is 5.91 Å². The Morgan fingerprint density at radius 2 is 2.26 bits per heavy atom. The number of likely N-dealkylation sites (N-methyl/N-ethyl adjacent to an activating group) is 1. The van der Waals surface area contributed by atoms with Gasteiger partial charge >= 0.3 is 0 Å². The van der Waals surface area contributed by atoms with Crippen molar-refractivity contribution in [2.24, 2.45) is 0 Å². The summed E-state index contributed by atoms with van der Waals surface area (Å²) in [7, 11) is 1.99. The van der Waals surface area contributed by atoms with Gasteiger partial charge < -0.3 is 15.0 Å². The number of carbonyl (C=O) groups excluding carboxylic acids is 1. The minimum Gasteiger partial charge on any atom is -0.343 e. The van der Waals surface area contributed by atoms with Gasteiger partial charge in [0, 0.05) is 25.8 Å². The molecule has 0 bridgehead atoms. The molecule has 6 nitrogen and oxygen atoms in total. The number of aromatic nitrogens is 2. The number of aryl methyl sites for hydroxylation is 1. The number of carbonyl (C=O) groups is 1. The zero-order valence-electron chi connectivity index (χ0n) is 14.3.